The van der Waals surface area contributed by atoms with Crippen LogP contribution >= 0.6 is 0 Å². The van der Waals surface area contributed by atoms with Gasteiger partial charge in [0, 0.05) is 19.5 Å². The fourth-order valence-corrected chi connectivity index (χ4v) is 3.47. The number of nitriles is 1. The molecule has 2 rings (SSSR count). The van der Waals surface area contributed by atoms with Gasteiger partial charge in [-0.2, -0.15) is 5.26 Å². The van der Waals surface area contributed by atoms with E-state index in [1.807, 2.05) is 0 Å². The Labute approximate surface area is 105 Å². The van der Waals surface area contributed by atoms with E-state index in [1.165, 1.54) is 25.7 Å². The Morgan fingerprint density at radius 3 is 2.59 bits per heavy atom. The van der Waals surface area contributed by atoms with Crippen LogP contribution < -0.4 is 0 Å². The van der Waals surface area contributed by atoms with Gasteiger partial charge in [-0.05, 0) is 39.7 Å². The van der Waals surface area contributed by atoms with E-state index < -0.39 is 0 Å². The lowest BCUT2D eigenvalue weighted by Gasteiger charge is -2.49. The van der Waals surface area contributed by atoms with Crippen LogP contribution in [0.15, 0.2) is 0 Å². The maximum atomic E-state index is 8.61. The fraction of sp³-hybridized carbons (Fsp3) is 0.929. The van der Waals surface area contributed by atoms with E-state index in [9.17, 15) is 0 Å². The summed E-state index contributed by atoms with van der Waals surface area (Å²) in [4.78, 5) is 2.51. The van der Waals surface area contributed by atoms with Gasteiger partial charge in [0.25, 0.3) is 0 Å². The molecular formula is C14H24N2O. The van der Waals surface area contributed by atoms with Gasteiger partial charge in [0.2, 0.25) is 0 Å². The quantitative estimate of drug-likeness (QED) is 0.707. The first-order chi connectivity index (χ1) is 8.05. The summed E-state index contributed by atoms with van der Waals surface area (Å²) in [7, 11) is 0. The SMILES string of the molecule is CC1(C)CN(CCCC#N)CC2(CCCC2)O1. The largest absolute Gasteiger partial charge is 0.366 e. The van der Waals surface area contributed by atoms with Crippen molar-refractivity contribution in [3.05, 3.63) is 0 Å². The van der Waals surface area contributed by atoms with Crippen LogP contribution in [-0.2, 0) is 4.74 Å². The molecule has 0 aromatic heterocycles. The molecule has 2 fully saturated rings. The third kappa shape index (κ3) is 3.20. The van der Waals surface area contributed by atoms with E-state index in [-0.39, 0.29) is 11.2 Å². The van der Waals surface area contributed by atoms with Gasteiger partial charge in [-0.25, -0.2) is 0 Å². The minimum atomic E-state index is -0.0325. The van der Waals surface area contributed by atoms with Crippen LogP contribution in [0, 0.1) is 11.3 Å². The standard InChI is InChI=1S/C14H24N2O/c1-13(2)11-16(10-6-5-9-15)12-14(17-13)7-3-4-8-14/h3-8,10-12H2,1-2H3. The summed E-state index contributed by atoms with van der Waals surface area (Å²) in [6, 6.07) is 2.23. The van der Waals surface area contributed by atoms with Crippen molar-refractivity contribution in [2.45, 2.75) is 63.6 Å². The molecule has 0 radical (unpaired) electrons. The third-order valence-electron chi connectivity index (χ3n) is 3.89. The summed E-state index contributed by atoms with van der Waals surface area (Å²) in [5, 5.41) is 8.61. The van der Waals surface area contributed by atoms with Crippen LogP contribution in [0.25, 0.3) is 0 Å². The van der Waals surface area contributed by atoms with Crippen molar-refractivity contribution < 1.29 is 4.74 Å². The number of unbranched alkanes of at least 4 members (excludes halogenated alkanes) is 1. The Bertz CT molecular complexity index is 300. The first-order valence-corrected chi connectivity index (χ1v) is 6.85. The second kappa shape index (κ2) is 4.96. The average molecular weight is 236 g/mol. The highest BCUT2D eigenvalue weighted by Gasteiger charge is 2.45. The lowest BCUT2D eigenvalue weighted by molar-refractivity contribution is -0.193. The zero-order chi connectivity index (χ0) is 12.4. The molecule has 1 heterocycles. The number of morpholine rings is 1. The van der Waals surface area contributed by atoms with Crippen LogP contribution in [0.5, 0.6) is 0 Å². The number of hydrogen-bond acceptors (Lipinski definition) is 3. The first kappa shape index (κ1) is 12.9. The molecule has 0 unspecified atom stereocenters. The van der Waals surface area contributed by atoms with Crippen molar-refractivity contribution >= 4 is 0 Å². The maximum Gasteiger partial charge on any atom is 0.0816 e. The zero-order valence-electron chi connectivity index (χ0n) is 11.2. The fourth-order valence-electron chi connectivity index (χ4n) is 3.47. The van der Waals surface area contributed by atoms with Crippen LogP contribution in [-0.4, -0.2) is 35.7 Å². The molecular weight excluding hydrogens is 212 g/mol. The van der Waals surface area contributed by atoms with Crippen molar-refractivity contribution in [1.82, 2.24) is 4.90 Å². The molecule has 1 aliphatic carbocycles. The van der Waals surface area contributed by atoms with E-state index in [0.717, 1.165) is 26.1 Å². The third-order valence-corrected chi connectivity index (χ3v) is 3.89. The van der Waals surface area contributed by atoms with Gasteiger partial charge in [-0.15, -0.1) is 0 Å². The van der Waals surface area contributed by atoms with E-state index >= 15 is 0 Å². The molecule has 0 N–H and O–H groups in total. The number of rotatable bonds is 3. The Morgan fingerprint density at radius 2 is 1.94 bits per heavy atom. The minimum Gasteiger partial charge on any atom is -0.366 e. The van der Waals surface area contributed by atoms with Gasteiger partial charge >= 0.3 is 0 Å². The smallest absolute Gasteiger partial charge is 0.0816 e. The Hall–Kier alpha value is -0.590. The van der Waals surface area contributed by atoms with Crippen molar-refractivity contribution in [2.24, 2.45) is 0 Å². The molecule has 17 heavy (non-hydrogen) atoms. The van der Waals surface area contributed by atoms with Gasteiger partial charge in [0.1, 0.15) is 0 Å². The predicted molar refractivity (Wildman–Crippen MR) is 67.7 cm³/mol. The second-order valence-corrected chi connectivity index (χ2v) is 6.22. The lowest BCUT2D eigenvalue weighted by Crippen LogP contribution is -2.58. The topological polar surface area (TPSA) is 36.3 Å². The van der Waals surface area contributed by atoms with E-state index in [1.54, 1.807) is 0 Å². The molecule has 0 amide bonds. The molecule has 3 nitrogen and oxygen atoms in total. The molecule has 0 atom stereocenters. The average Bonchev–Trinajstić information content (AvgIpc) is 2.63. The summed E-state index contributed by atoms with van der Waals surface area (Å²) in [6.45, 7) is 7.51. The normalized spacial score (nSPS) is 27.1. The summed E-state index contributed by atoms with van der Waals surface area (Å²) in [5.74, 6) is 0. The Morgan fingerprint density at radius 1 is 1.24 bits per heavy atom. The van der Waals surface area contributed by atoms with Crippen LogP contribution in [0.2, 0.25) is 0 Å². The van der Waals surface area contributed by atoms with Gasteiger partial charge < -0.3 is 4.74 Å². The van der Waals surface area contributed by atoms with Crippen molar-refractivity contribution in [3.63, 3.8) is 0 Å². The van der Waals surface area contributed by atoms with Crippen molar-refractivity contribution in [2.75, 3.05) is 19.6 Å². The molecule has 2 aliphatic rings. The number of ether oxygens (including phenoxy) is 1. The summed E-state index contributed by atoms with van der Waals surface area (Å²) < 4.78 is 6.35. The van der Waals surface area contributed by atoms with E-state index in [2.05, 4.69) is 24.8 Å². The summed E-state index contributed by atoms with van der Waals surface area (Å²) >= 11 is 0. The highest BCUT2D eigenvalue weighted by atomic mass is 16.5. The first-order valence-electron chi connectivity index (χ1n) is 6.85. The summed E-state index contributed by atoms with van der Waals surface area (Å²) in [5.41, 5.74) is 0.0869. The van der Waals surface area contributed by atoms with Crippen molar-refractivity contribution in [1.29, 1.82) is 5.26 Å². The predicted octanol–water partition coefficient (Wildman–Crippen LogP) is 2.71. The lowest BCUT2D eigenvalue weighted by atomic mass is 9.94. The molecule has 0 aromatic carbocycles. The second-order valence-electron chi connectivity index (χ2n) is 6.22. The molecule has 96 valence electrons. The number of nitrogens with zero attached hydrogens (tertiary/aromatic N) is 2. The van der Waals surface area contributed by atoms with Gasteiger partial charge in [0.15, 0.2) is 0 Å². The van der Waals surface area contributed by atoms with Gasteiger partial charge in [0.05, 0.1) is 17.3 Å². The van der Waals surface area contributed by atoms with Crippen LogP contribution in [0.4, 0.5) is 0 Å². The molecule has 1 saturated heterocycles. The van der Waals surface area contributed by atoms with Gasteiger partial charge in [-0.1, -0.05) is 12.8 Å². The Kier molecular flexibility index (Phi) is 3.75. The Balaban J connectivity index is 1.96. The monoisotopic (exact) mass is 236 g/mol. The highest BCUT2D eigenvalue weighted by Crippen LogP contribution is 2.40. The van der Waals surface area contributed by atoms with E-state index in [4.69, 9.17) is 10.00 Å². The number of hydrogen-bond donors (Lipinski definition) is 0. The van der Waals surface area contributed by atoms with Crippen LogP contribution in [0.3, 0.4) is 0 Å². The highest BCUT2D eigenvalue weighted by molar-refractivity contribution is 4.97. The molecule has 0 bridgehead atoms. The van der Waals surface area contributed by atoms with Crippen LogP contribution in [0.1, 0.15) is 52.4 Å². The maximum absolute atomic E-state index is 8.61. The molecule has 1 aliphatic heterocycles. The van der Waals surface area contributed by atoms with E-state index in [0.29, 0.717) is 6.42 Å². The summed E-state index contributed by atoms with van der Waals surface area (Å²) in [6.07, 6.45) is 6.70. The molecule has 1 spiro atoms. The van der Waals surface area contributed by atoms with Crippen molar-refractivity contribution in [3.8, 4) is 6.07 Å². The molecule has 0 aromatic rings. The zero-order valence-corrected chi connectivity index (χ0v) is 11.2. The molecule has 1 saturated carbocycles. The minimum absolute atomic E-state index is 0.0325. The molecule has 3 heteroatoms. The van der Waals surface area contributed by atoms with Gasteiger partial charge in [-0.3, -0.25) is 4.90 Å².